The smallest absolute Gasteiger partial charge is 0.380 e. The van der Waals surface area contributed by atoms with Crippen molar-refractivity contribution in [3.8, 4) is 11.5 Å². The fraction of sp³-hybridized carbons (Fsp3) is 0.625. The number of carbonyl (C=O) groups excluding carboxylic acids is 1. The van der Waals surface area contributed by atoms with Gasteiger partial charge in [-0.2, -0.15) is 13.6 Å². The predicted molar refractivity (Wildman–Crippen MR) is 121 cm³/mol. The first-order valence-electron chi connectivity index (χ1n) is 11.3. The van der Waals surface area contributed by atoms with Crippen molar-refractivity contribution in [1.29, 1.82) is 0 Å². The van der Waals surface area contributed by atoms with Crippen LogP contribution in [0.2, 0.25) is 0 Å². The molecular weight excluding hydrogens is 430 g/mol. The number of esters is 1. The monoisotopic (exact) mass is 463 g/mol. The molecule has 0 amide bonds. The molecule has 0 aliphatic heterocycles. The van der Waals surface area contributed by atoms with E-state index in [1.54, 1.807) is 6.07 Å². The number of benzene rings is 1. The topological polar surface area (TPSA) is 105 Å². The molecule has 32 heavy (non-hydrogen) atoms. The Hall–Kier alpha value is -2.06. The molecular formula is C24H33NO6S. The fourth-order valence-electron chi connectivity index (χ4n) is 6.62. The van der Waals surface area contributed by atoms with E-state index in [9.17, 15) is 13.2 Å². The first-order chi connectivity index (χ1) is 15.0. The van der Waals surface area contributed by atoms with E-state index in [-0.39, 0.29) is 23.1 Å². The Bertz CT molecular complexity index is 1050. The molecule has 8 heteroatoms. The van der Waals surface area contributed by atoms with Gasteiger partial charge >= 0.3 is 16.3 Å². The number of ether oxygens (including phenoxy) is 2. The van der Waals surface area contributed by atoms with Crippen LogP contribution in [0, 0.1) is 23.2 Å². The van der Waals surface area contributed by atoms with Crippen molar-refractivity contribution in [3.05, 3.63) is 34.9 Å². The van der Waals surface area contributed by atoms with Crippen molar-refractivity contribution in [2.45, 2.75) is 58.8 Å². The summed E-state index contributed by atoms with van der Waals surface area (Å²) < 4.78 is 38.6. The summed E-state index contributed by atoms with van der Waals surface area (Å²) in [6.45, 7) is 6.43. The lowest BCUT2D eigenvalue weighted by atomic mass is 9.53. The van der Waals surface area contributed by atoms with Gasteiger partial charge in [0, 0.05) is 12.8 Å². The van der Waals surface area contributed by atoms with Gasteiger partial charge in [0.05, 0.1) is 13.7 Å². The van der Waals surface area contributed by atoms with Crippen LogP contribution in [0.15, 0.2) is 23.8 Å². The molecule has 7 nitrogen and oxygen atoms in total. The van der Waals surface area contributed by atoms with Crippen LogP contribution in [0.5, 0.6) is 11.5 Å². The van der Waals surface area contributed by atoms with Gasteiger partial charge in [-0.3, -0.25) is 4.79 Å². The molecule has 5 atom stereocenters. The van der Waals surface area contributed by atoms with Crippen LogP contribution in [-0.4, -0.2) is 28.1 Å². The zero-order valence-corrected chi connectivity index (χ0v) is 20.0. The number of allylic oxidation sites excluding steroid dienone is 1. The molecule has 0 radical (unpaired) electrons. The molecule has 1 fully saturated rings. The number of fused-ring (bicyclic) bond motifs is 5. The standard InChI is InChI=1S/C24H33NO6S/c1-14(13-30-15(2)26)20-7-8-21-18-6-5-16-11-23(31-32(25,27)28)22(29-4)12-19(16)17(18)9-10-24(20,21)3/h7,11-12,14,17-18,21H,5-6,8-10,13H2,1-4H3,(H2,25,27,28)/t14-,17?,18?,21?,24-/m1/s1. The summed E-state index contributed by atoms with van der Waals surface area (Å²) in [4.78, 5) is 11.3. The Kier molecular flexibility index (Phi) is 6.05. The number of carbonyl (C=O) groups is 1. The number of nitrogens with two attached hydrogens (primary N) is 1. The van der Waals surface area contributed by atoms with Crippen LogP contribution in [0.4, 0.5) is 0 Å². The van der Waals surface area contributed by atoms with E-state index in [0.29, 0.717) is 30.1 Å². The number of rotatable bonds is 6. The summed E-state index contributed by atoms with van der Waals surface area (Å²) in [6, 6.07) is 3.73. The molecule has 3 aliphatic rings. The third-order valence-corrected chi connectivity index (χ3v) is 8.34. The van der Waals surface area contributed by atoms with Crippen molar-refractivity contribution in [2.75, 3.05) is 13.7 Å². The number of hydrogen-bond donors (Lipinski definition) is 1. The summed E-state index contributed by atoms with van der Waals surface area (Å²) in [6.07, 6.45) is 7.49. The Labute approximate surface area is 190 Å². The Balaban J connectivity index is 1.59. The highest BCUT2D eigenvalue weighted by molar-refractivity contribution is 7.84. The predicted octanol–water partition coefficient (Wildman–Crippen LogP) is 3.87. The maximum absolute atomic E-state index is 11.5. The van der Waals surface area contributed by atoms with Gasteiger partial charge in [0.15, 0.2) is 11.5 Å². The lowest BCUT2D eigenvalue weighted by Gasteiger charge is -2.51. The highest BCUT2D eigenvalue weighted by Crippen LogP contribution is 2.62. The SMILES string of the molecule is COc1cc2c(cc1OS(N)(=O)=O)CCC1C2CC[C@]2(C)C([C@H](C)COC(C)=O)=CCC12. The molecule has 3 unspecified atom stereocenters. The molecule has 0 bridgehead atoms. The summed E-state index contributed by atoms with van der Waals surface area (Å²) in [7, 11) is -2.61. The minimum absolute atomic E-state index is 0.124. The molecule has 0 heterocycles. The van der Waals surface area contributed by atoms with Crippen molar-refractivity contribution >= 4 is 16.3 Å². The molecule has 2 N–H and O–H groups in total. The number of aryl methyl sites for hydroxylation is 1. The molecule has 0 spiro atoms. The highest BCUT2D eigenvalue weighted by Gasteiger charge is 2.52. The zero-order chi connectivity index (χ0) is 23.3. The van der Waals surface area contributed by atoms with Crippen LogP contribution in [0.1, 0.15) is 63.5 Å². The fourth-order valence-corrected chi connectivity index (χ4v) is 7.00. The largest absolute Gasteiger partial charge is 0.493 e. The van der Waals surface area contributed by atoms with Crippen molar-refractivity contribution < 1.29 is 26.9 Å². The van der Waals surface area contributed by atoms with Gasteiger partial charge < -0.3 is 13.7 Å². The average molecular weight is 464 g/mol. The lowest BCUT2D eigenvalue weighted by Crippen LogP contribution is -2.42. The Morgan fingerprint density at radius 1 is 1.28 bits per heavy atom. The van der Waals surface area contributed by atoms with E-state index in [1.165, 1.54) is 25.2 Å². The van der Waals surface area contributed by atoms with E-state index >= 15 is 0 Å². The average Bonchev–Trinajstić information content (AvgIpc) is 3.07. The third kappa shape index (κ3) is 4.15. The van der Waals surface area contributed by atoms with Crippen LogP contribution in [0.25, 0.3) is 0 Å². The molecule has 0 aromatic heterocycles. The molecule has 0 saturated heterocycles. The van der Waals surface area contributed by atoms with Crippen LogP contribution in [-0.2, 0) is 26.3 Å². The first-order valence-corrected chi connectivity index (χ1v) is 12.8. The molecule has 1 saturated carbocycles. The van der Waals surface area contributed by atoms with Crippen molar-refractivity contribution in [2.24, 2.45) is 28.3 Å². The normalized spacial score (nSPS) is 29.8. The highest BCUT2D eigenvalue weighted by atomic mass is 32.2. The molecule has 176 valence electrons. The molecule has 3 aliphatic carbocycles. The maximum atomic E-state index is 11.5. The summed E-state index contributed by atoms with van der Waals surface area (Å²) in [5.41, 5.74) is 3.91. The Morgan fingerprint density at radius 2 is 2.03 bits per heavy atom. The van der Waals surface area contributed by atoms with Gasteiger partial charge in [-0.25, -0.2) is 0 Å². The van der Waals surface area contributed by atoms with Gasteiger partial charge in [0.2, 0.25) is 0 Å². The second-order valence-corrected chi connectivity index (χ2v) is 10.9. The number of methoxy groups -OCH3 is 1. The van der Waals surface area contributed by atoms with Crippen LogP contribution >= 0.6 is 0 Å². The molecule has 1 aromatic carbocycles. The van der Waals surface area contributed by atoms with Crippen molar-refractivity contribution in [1.82, 2.24) is 0 Å². The van der Waals surface area contributed by atoms with Gasteiger partial charge in [-0.05, 0) is 78.5 Å². The first kappa shape index (κ1) is 23.1. The zero-order valence-electron chi connectivity index (χ0n) is 19.2. The van der Waals surface area contributed by atoms with Crippen LogP contribution < -0.4 is 14.1 Å². The van der Waals surface area contributed by atoms with E-state index in [2.05, 4.69) is 19.9 Å². The summed E-state index contributed by atoms with van der Waals surface area (Å²) >= 11 is 0. The quantitative estimate of drug-likeness (QED) is 0.507. The number of hydrogen-bond acceptors (Lipinski definition) is 6. The summed E-state index contributed by atoms with van der Waals surface area (Å²) in [5, 5.41) is 5.08. The minimum Gasteiger partial charge on any atom is -0.493 e. The summed E-state index contributed by atoms with van der Waals surface area (Å²) in [5.74, 6) is 2.04. The third-order valence-electron chi connectivity index (χ3n) is 7.92. The van der Waals surface area contributed by atoms with Gasteiger partial charge in [-0.1, -0.05) is 25.5 Å². The Morgan fingerprint density at radius 3 is 2.69 bits per heavy atom. The molecule has 1 aromatic rings. The van der Waals surface area contributed by atoms with E-state index in [4.69, 9.17) is 18.8 Å². The minimum atomic E-state index is -4.12. The van der Waals surface area contributed by atoms with E-state index in [1.807, 2.05) is 6.07 Å². The molecule has 4 rings (SSSR count). The van der Waals surface area contributed by atoms with Gasteiger partial charge in [0.1, 0.15) is 0 Å². The van der Waals surface area contributed by atoms with Crippen LogP contribution in [0.3, 0.4) is 0 Å². The van der Waals surface area contributed by atoms with E-state index in [0.717, 1.165) is 37.7 Å². The second kappa shape index (κ2) is 8.37. The van der Waals surface area contributed by atoms with Gasteiger partial charge in [0.25, 0.3) is 0 Å². The lowest BCUT2D eigenvalue weighted by molar-refractivity contribution is -0.142. The second-order valence-electron chi connectivity index (χ2n) is 9.75. The van der Waals surface area contributed by atoms with Crippen molar-refractivity contribution in [3.63, 3.8) is 0 Å². The van der Waals surface area contributed by atoms with Gasteiger partial charge in [-0.15, -0.1) is 0 Å². The maximum Gasteiger partial charge on any atom is 0.380 e. The van der Waals surface area contributed by atoms with E-state index < -0.39 is 10.3 Å².